The van der Waals surface area contributed by atoms with Gasteiger partial charge in [-0.05, 0) is 73.7 Å². The van der Waals surface area contributed by atoms with Crippen molar-refractivity contribution in [2.45, 2.75) is 54.1 Å². The summed E-state index contributed by atoms with van der Waals surface area (Å²) in [6.07, 6.45) is 2.86. The van der Waals surface area contributed by atoms with Crippen molar-refractivity contribution in [1.29, 1.82) is 0 Å². The lowest BCUT2D eigenvalue weighted by Crippen LogP contribution is -2.65. The lowest BCUT2D eigenvalue weighted by molar-refractivity contribution is -0.191. The summed E-state index contributed by atoms with van der Waals surface area (Å²) in [6.45, 7) is 3.56. The Morgan fingerprint density at radius 2 is 1.76 bits per heavy atom. The summed E-state index contributed by atoms with van der Waals surface area (Å²) in [4.78, 5) is 34.8. The predicted molar refractivity (Wildman–Crippen MR) is 157 cm³/mol. The number of hydrogen-bond acceptors (Lipinski definition) is 6. The van der Waals surface area contributed by atoms with Gasteiger partial charge in [0.2, 0.25) is 0 Å². The fourth-order valence-corrected chi connectivity index (χ4v) is 8.26. The number of rotatable bonds is 5. The highest BCUT2D eigenvalue weighted by Gasteiger charge is 2.55. The van der Waals surface area contributed by atoms with Gasteiger partial charge in [-0.3, -0.25) is 0 Å². The standard InChI is InChI=1S/C30H30Cl2N2O3S.CO2/c1-29(36)18-33(19-29)28(35)34-15-14-30(38-22-6-3-2-4-7-22)24-12-11-21(16-20(24)10-13-27(30)34)37-17-23-25(31)8-5-9-26(23)32;2-1-3/h2-9,11-12,16,27,36H,10,13-15,17-19H2,1H3;. The van der Waals surface area contributed by atoms with Gasteiger partial charge in [0.05, 0.1) is 29.5 Å². The number of urea groups is 1. The van der Waals surface area contributed by atoms with E-state index in [-0.39, 0.29) is 23.0 Å². The highest BCUT2D eigenvalue weighted by atomic mass is 35.5. The van der Waals surface area contributed by atoms with Crippen LogP contribution in [0.25, 0.3) is 0 Å². The summed E-state index contributed by atoms with van der Waals surface area (Å²) in [5, 5.41) is 11.4. The van der Waals surface area contributed by atoms with Crippen molar-refractivity contribution in [2.24, 2.45) is 0 Å². The lowest BCUT2D eigenvalue weighted by Gasteiger charge is -2.48. The van der Waals surface area contributed by atoms with Crippen LogP contribution >= 0.6 is 35.0 Å². The first-order valence-electron chi connectivity index (χ1n) is 13.4. The van der Waals surface area contributed by atoms with Gasteiger partial charge in [0.25, 0.3) is 0 Å². The summed E-state index contributed by atoms with van der Waals surface area (Å²) >= 11 is 14.6. The maximum atomic E-state index is 13.5. The Morgan fingerprint density at radius 3 is 2.41 bits per heavy atom. The predicted octanol–water partition coefficient (Wildman–Crippen LogP) is 6.18. The van der Waals surface area contributed by atoms with E-state index in [1.54, 1.807) is 11.8 Å². The molecule has 2 fully saturated rings. The molecule has 0 spiro atoms. The Kier molecular flexibility index (Phi) is 8.69. The van der Waals surface area contributed by atoms with Gasteiger partial charge in [0, 0.05) is 27.0 Å². The molecule has 7 nitrogen and oxygen atoms in total. The molecule has 6 rings (SSSR count). The molecular weight excluding hydrogens is 583 g/mol. The molecule has 0 bridgehead atoms. The normalized spacial score (nSPS) is 21.9. The second-order valence-electron chi connectivity index (χ2n) is 10.8. The quantitative estimate of drug-likeness (QED) is 0.370. The monoisotopic (exact) mass is 612 g/mol. The van der Waals surface area contributed by atoms with E-state index in [1.807, 2.05) is 42.1 Å². The first kappa shape index (κ1) is 29.5. The van der Waals surface area contributed by atoms with E-state index in [9.17, 15) is 9.90 Å². The molecule has 2 unspecified atom stereocenters. The molecule has 3 aromatic rings. The van der Waals surface area contributed by atoms with Crippen molar-refractivity contribution in [3.8, 4) is 5.75 Å². The molecule has 1 aliphatic carbocycles. The van der Waals surface area contributed by atoms with Crippen molar-refractivity contribution >= 4 is 47.1 Å². The van der Waals surface area contributed by atoms with Gasteiger partial charge in [0.15, 0.2) is 0 Å². The van der Waals surface area contributed by atoms with E-state index in [4.69, 9.17) is 37.5 Å². The first-order valence-corrected chi connectivity index (χ1v) is 14.9. The van der Waals surface area contributed by atoms with Gasteiger partial charge >= 0.3 is 12.2 Å². The number of likely N-dealkylation sites (tertiary alicyclic amines) is 2. The summed E-state index contributed by atoms with van der Waals surface area (Å²) in [5.41, 5.74) is 2.53. The smallest absolute Gasteiger partial charge is 0.373 e. The lowest BCUT2D eigenvalue weighted by atomic mass is 9.78. The third-order valence-electron chi connectivity index (χ3n) is 7.93. The number of aryl methyl sites for hydroxylation is 1. The molecule has 3 aliphatic rings. The highest BCUT2D eigenvalue weighted by molar-refractivity contribution is 8.00. The summed E-state index contributed by atoms with van der Waals surface area (Å²) < 4.78 is 5.90. The van der Waals surface area contributed by atoms with Crippen LogP contribution in [-0.4, -0.2) is 58.4 Å². The third-order valence-corrected chi connectivity index (χ3v) is 10.2. The first-order chi connectivity index (χ1) is 19.7. The Morgan fingerprint density at radius 1 is 1.07 bits per heavy atom. The Balaban J connectivity index is 0.00000108. The van der Waals surface area contributed by atoms with Gasteiger partial charge in [-0.25, -0.2) is 4.79 Å². The van der Waals surface area contributed by atoms with Crippen LogP contribution in [0.1, 0.15) is 36.5 Å². The Bertz CT molecular complexity index is 1440. The molecule has 2 saturated heterocycles. The second-order valence-corrected chi connectivity index (χ2v) is 13.0. The minimum absolute atomic E-state index is 0.0390. The number of halogens is 2. The number of benzene rings is 3. The molecule has 0 aromatic heterocycles. The van der Waals surface area contributed by atoms with Gasteiger partial charge in [-0.2, -0.15) is 9.59 Å². The maximum absolute atomic E-state index is 13.5. The topological polar surface area (TPSA) is 87.2 Å². The second kappa shape index (κ2) is 12.1. The van der Waals surface area contributed by atoms with E-state index in [0.717, 1.165) is 30.6 Å². The third kappa shape index (κ3) is 5.99. The molecule has 0 saturated carbocycles. The van der Waals surface area contributed by atoms with Crippen molar-refractivity contribution in [2.75, 3.05) is 19.6 Å². The van der Waals surface area contributed by atoms with E-state index < -0.39 is 5.60 Å². The number of hydrogen-bond donors (Lipinski definition) is 1. The van der Waals surface area contributed by atoms with Crippen LogP contribution in [0.15, 0.2) is 71.6 Å². The number of fused-ring (bicyclic) bond motifs is 3. The van der Waals surface area contributed by atoms with Crippen LogP contribution in [0.3, 0.4) is 0 Å². The van der Waals surface area contributed by atoms with Crippen LogP contribution in [0.4, 0.5) is 4.79 Å². The maximum Gasteiger partial charge on any atom is 0.373 e. The van der Waals surface area contributed by atoms with Gasteiger partial charge in [0.1, 0.15) is 12.4 Å². The Labute approximate surface area is 253 Å². The van der Waals surface area contributed by atoms with Crippen molar-refractivity contribution in [3.05, 3.63) is 93.5 Å². The van der Waals surface area contributed by atoms with Crippen LogP contribution in [0.5, 0.6) is 5.75 Å². The molecule has 10 heteroatoms. The fraction of sp³-hybridized carbons (Fsp3) is 0.355. The number of β-amino-alcohol motifs (C(OH)–C–C–N with tert-alkyl or cyclic N) is 1. The zero-order valence-corrected chi connectivity index (χ0v) is 24.8. The zero-order valence-electron chi connectivity index (χ0n) is 22.5. The molecule has 2 heterocycles. The number of amides is 2. The van der Waals surface area contributed by atoms with Gasteiger partial charge < -0.3 is 19.6 Å². The molecule has 0 radical (unpaired) electrons. The summed E-state index contributed by atoms with van der Waals surface area (Å²) in [5.74, 6) is 0.784. The van der Waals surface area contributed by atoms with Gasteiger partial charge in [-0.1, -0.05) is 53.5 Å². The largest absolute Gasteiger partial charge is 0.489 e. The van der Waals surface area contributed by atoms with Crippen LogP contribution in [0, 0.1) is 0 Å². The number of ether oxygens (including phenoxy) is 1. The average Bonchev–Trinajstić information content (AvgIpc) is 3.31. The molecular formula is C31H30Cl2N2O5S. The number of thioether (sulfide) groups is 1. The SMILES string of the molecule is CC1(O)CN(C(=O)N2CCC3(Sc4ccccc4)c4ccc(OCc5c(Cl)cccc5Cl)cc4CCC23)C1.O=C=O. The van der Waals surface area contributed by atoms with E-state index >= 15 is 0 Å². The molecule has 41 heavy (non-hydrogen) atoms. The average molecular weight is 614 g/mol. The Hall–Kier alpha value is -3.00. The molecule has 2 amide bonds. The minimum Gasteiger partial charge on any atom is -0.489 e. The van der Waals surface area contributed by atoms with E-state index in [2.05, 4.69) is 41.3 Å². The summed E-state index contributed by atoms with van der Waals surface area (Å²) in [7, 11) is 0. The summed E-state index contributed by atoms with van der Waals surface area (Å²) in [6, 6.07) is 22.4. The number of aliphatic hydroxyl groups is 1. The molecule has 3 aromatic carbocycles. The van der Waals surface area contributed by atoms with Crippen molar-refractivity contribution in [3.63, 3.8) is 0 Å². The highest BCUT2D eigenvalue weighted by Crippen LogP contribution is 2.57. The van der Waals surface area contributed by atoms with Crippen LogP contribution in [0.2, 0.25) is 10.0 Å². The van der Waals surface area contributed by atoms with E-state index in [0.29, 0.717) is 36.3 Å². The number of carbonyl (C=O) groups is 1. The molecule has 214 valence electrons. The molecule has 2 aliphatic heterocycles. The van der Waals surface area contributed by atoms with E-state index in [1.165, 1.54) is 16.0 Å². The van der Waals surface area contributed by atoms with Crippen molar-refractivity contribution in [1.82, 2.24) is 9.80 Å². The number of carbonyl (C=O) groups excluding carboxylic acids is 3. The van der Waals surface area contributed by atoms with Crippen LogP contribution in [-0.2, 0) is 27.4 Å². The van der Waals surface area contributed by atoms with Crippen LogP contribution < -0.4 is 4.74 Å². The minimum atomic E-state index is -0.783. The number of nitrogens with zero attached hydrogens (tertiary/aromatic N) is 2. The molecule has 2 atom stereocenters. The zero-order chi connectivity index (χ0) is 29.2. The molecule has 1 N–H and O–H groups in total. The van der Waals surface area contributed by atoms with Crippen molar-refractivity contribution < 1.29 is 24.2 Å². The van der Waals surface area contributed by atoms with Gasteiger partial charge in [-0.15, -0.1) is 11.8 Å². The fourth-order valence-electron chi connectivity index (χ4n) is 6.16.